The van der Waals surface area contributed by atoms with Crippen molar-refractivity contribution < 1.29 is 5.11 Å². The number of aromatic nitrogens is 5. The Hall–Kier alpha value is -1.48. The number of aliphatic hydroxyl groups is 1. The summed E-state index contributed by atoms with van der Waals surface area (Å²) in [4.78, 5) is 4.57. The lowest BCUT2D eigenvalue weighted by atomic mass is 10.0. The lowest BCUT2D eigenvalue weighted by Crippen LogP contribution is -2.05. The van der Waals surface area contributed by atoms with Crippen LogP contribution in [0.25, 0.3) is 16.7 Å². The van der Waals surface area contributed by atoms with Crippen LogP contribution in [-0.4, -0.2) is 36.3 Å². The molecule has 3 heterocycles. The van der Waals surface area contributed by atoms with E-state index in [1.807, 2.05) is 38.7 Å². The van der Waals surface area contributed by atoms with E-state index in [2.05, 4.69) is 43.8 Å². The van der Waals surface area contributed by atoms with Crippen LogP contribution in [0, 0.1) is 17.5 Å². The molecule has 3 aromatic heterocycles. The van der Waals surface area contributed by atoms with E-state index in [0.29, 0.717) is 0 Å². The van der Waals surface area contributed by atoms with Gasteiger partial charge in [0, 0.05) is 42.4 Å². The minimum atomic E-state index is 0.0658. The van der Waals surface area contributed by atoms with E-state index in [0.717, 1.165) is 37.4 Å². The van der Waals surface area contributed by atoms with Gasteiger partial charge in [-0.15, -0.1) is 0 Å². The molecule has 6 nitrogen and oxygen atoms in total. The lowest BCUT2D eigenvalue weighted by Gasteiger charge is -2.10. The fraction of sp³-hybridized carbons (Fsp3) is 0.400. The standard InChI is InChI=1S/C15H18IN5O/c1-8(7-22)13-10(3)21(18-14(13)16)12-5-11-6-20(4)19-15(11)17-9(12)2/h5-6,8,22H,7H2,1-4H3. The topological polar surface area (TPSA) is 68.8 Å². The van der Waals surface area contributed by atoms with Crippen LogP contribution in [0.4, 0.5) is 0 Å². The third kappa shape index (κ3) is 2.41. The Balaban J connectivity index is 2.21. The summed E-state index contributed by atoms with van der Waals surface area (Å²) in [6, 6.07) is 2.06. The highest BCUT2D eigenvalue weighted by atomic mass is 127. The number of fused-ring (bicyclic) bond motifs is 1. The second-order valence-electron chi connectivity index (χ2n) is 5.59. The van der Waals surface area contributed by atoms with Gasteiger partial charge in [0.25, 0.3) is 0 Å². The quantitative estimate of drug-likeness (QED) is 0.673. The highest BCUT2D eigenvalue weighted by Gasteiger charge is 2.20. The van der Waals surface area contributed by atoms with E-state index in [9.17, 15) is 5.11 Å². The zero-order valence-electron chi connectivity index (χ0n) is 13.0. The molecular formula is C15H18IN5O. The summed E-state index contributed by atoms with van der Waals surface area (Å²) in [5.41, 5.74) is 4.71. The summed E-state index contributed by atoms with van der Waals surface area (Å²) < 4.78 is 4.60. The van der Waals surface area contributed by atoms with Crippen LogP contribution in [0.15, 0.2) is 12.3 Å². The van der Waals surface area contributed by atoms with Gasteiger partial charge in [-0.2, -0.15) is 10.2 Å². The number of hydrogen-bond donors (Lipinski definition) is 1. The molecule has 1 unspecified atom stereocenters. The lowest BCUT2D eigenvalue weighted by molar-refractivity contribution is 0.272. The van der Waals surface area contributed by atoms with Crippen LogP contribution >= 0.6 is 22.6 Å². The van der Waals surface area contributed by atoms with Crippen molar-refractivity contribution in [1.82, 2.24) is 24.5 Å². The van der Waals surface area contributed by atoms with Gasteiger partial charge in [0.1, 0.15) is 3.70 Å². The molecule has 0 aromatic carbocycles. The Kier molecular flexibility index (Phi) is 3.94. The number of aryl methyl sites for hydroxylation is 2. The first kappa shape index (κ1) is 15.4. The molecule has 7 heteroatoms. The minimum Gasteiger partial charge on any atom is -0.396 e. The highest BCUT2D eigenvalue weighted by Crippen LogP contribution is 2.28. The largest absolute Gasteiger partial charge is 0.396 e. The molecule has 0 aliphatic carbocycles. The molecule has 3 rings (SSSR count). The molecule has 0 bridgehead atoms. The van der Waals surface area contributed by atoms with Crippen molar-refractivity contribution in [3.05, 3.63) is 32.9 Å². The summed E-state index contributed by atoms with van der Waals surface area (Å²) in [5.74, 6) is 0.0658. The molecule has 0 spiro atoms. The molecule has 0 saturated carbocycles. The Bertz CT molecular complexity index is 851. The maximum atomic E-state index is 9.45. The van der Waals surface area contributed by atoms with E-state index >= 15 is 0 Å². The average Bonchev–Trinajstić information content (AvgIpc) is 2.96. The molecule has 0 saturated heterocycles. The molecule has 0 aliphatic rings. The van der Waals surface area contributed by atoms with Gasteiger partial charge in [0.15, 0.2) is 5.65 Å². The minimum absolute atomic E-state index is 0.0658. The van der Waals surface area contributed by atoms with E-state index < -0.39 is 0 Å². The van der Waals surface area contributed by atoms with Crippen molar-refractivity contribution in [3.8, 4) is 5.69 Å². The molecule has 22 heavy (non-hydrogen) atoms. The second kappa shape index (κ2) is 5.62. The second-order valence-corrected chi connectivity index (χ2v) is 6.62. The van der Waals surface area contributed by atoms with Crippen LogP contribution in [0.1, 0.15) is 29.8 Å². The van der Waals surface area contributed by atoms with Gasteiger partial charge >= 0.3 is 0 Å². The smallest absolute Gasteiger partial charge is 0.181 e. The van der Waals surface area contributed by atoms with Crippen LogP contribution < -0.4 is 0 Å². The van der Waals surface area contributed by atoms with Gasteiger partial charge in [-0.1, -0.05) is 6.92 Å². The third-order valence-corrected chi connectivity index (χ3v) is 4.68. The number of aliphatic hydroxyl groups excluding tert-OH is 1. The van der Waals surface area contributed by atoms with Gasteiger partial charge in [-0.05, 0) is 42.5 Å². The Labute approximate surface area is 142 Å². The summed E-state index contributed by atoms with van der Waals surface area (Å²) >= 11 is 2.23. The van der Waals surface area contributed by atoms with E-state index in [4.69, 9.17) is 0 Å². The summed E-state index contributed by atoms with van der Waals surface area (Å²) in [5, 5.41) is 19.4. The number of nitrogens with zero attached hydrogens (tertiary/aromatic N) is 5. The molecule has 0 radical (unpaired) electrons. The SMILES string of the molecule is Cc1nc2nn(C)cc2cc1-n1nc(I)c(C(C)CO)c1C. The molecule has 1 N–H and O–H groups in total. The maximum absolute atomic E-state index is 9.45. The average molecular weight is 411 g/mol. The molecule has 116 valence electrons. The van der Waals surface area contributed by atoms with Crippen molar-refractivity contribution in [1.29, 1.82) is 0 Å². The van der Waals surface area contributed by atoms with Crippen molar-refractivity contribution in [2.45, 2.75) is 26.7 Å². The first-order chi connectivity index (χ1) is 10.4. The summed E-state index contributed by atoms with van der Waals surface area (Å²) in [6.07, 6.45) is 1.95. The van der Waals surface area contributed by atoms with Gasteiger partial charge in [0.2, 0.25) is 0 Å². The fourth-order valence-corrected chi connectivity index (χ4v) is 3.87. The molecule has 3 aromatic rings. The van der Waals surface area contributed by atoms with Gasteiger partial charge in [0.05, 0.1) is 11.4 Å². The summed E-state index contributed by atoms with van der Waals surface area (Å²) in [6.45, 7) is 6.11. The molecule has 0 aliphatic heterocycles. The Morgan fingerprint density at radius 1 is 1.32 bits per heavy atom. The van der Waals surface area contributed by atoms with Crippen LogP contribution in [0.3, 0.4) is 0 Å². The Morgan fingerprint density at radius 2 is 2.05 bits per heavy atom. The summed E-state index contributed by atoms with van der Waals surface area (Å²) in [7, 11) is 1.89. The number of halogens is 1. The van der Waals surface area contributed by atoms with Crippen LogP contribution in [0.2, 0.25) is 0 Å². The van der Waals surface area contributed by atoms with Gasteiger partial charge in [-0.3, -0.25) is 4.68 Å². The number of pyridine rings is 1. The fourth-order valence-electron chi connectivity index (χ4n) is 2.73. The van der Waals surface area contributed by atoms with E-state index in [1.165, 1.54) is 0 Å². The zero-order valence-corrected chi connectivity index (χ0v) is 15.2. The Morgan fingerprint density at radius 3 is 2.73 bits per heavy atom. The van der Waals surface area contributed by atoms with Crippen molar-refractivity contribution in [2.75, 3.05) is 6.61 Å². The number of rotatable bonds is 3. The van der Waals surface area contributed by atoms with Gasteiger partial charge in [-0.25, -0.2) is 9.67 Å². The molecular weight excluding hydrogens is 393 g/mol. The van der Waals surface area contributed by atoms with Crippen molar-refractivity contribution in [2.24, 2.45) is 7.05 Å². The molecule has 0 amide bonds. The predicted octanol–water partition coefficient (Wildman–Crippen LogP) is 2.47. The monoisotopic (exact) mass is 411 g/mol. The zero-order chi connectivity index (χ0) is 16.0. The first-order valence-electron chi connectivity index (χ1n) is 7.09. The van der Waals surface area contributed by atoms with Gasteiger partial charge < -0.3 is 5.11 Å². The normalized spacial score (nSPS) is 13.0. The van der Waals surface area contributed by atoms with E-state index in [1.54, 1.807) is 4.68 Å². The van der Waals surface area contributed by atoms with Crippen LogP contribution in [0.5, 0.6) is 0 Å². The van der Waals surface area contributed by atoms with E-state index in [-0.39, 0.29) is 12.5 Å². The molecule has 0 fully saturated rings. The van der Waals surface area contributed by atoms with Crippen molar-refractivity contribution >= 4 is 33.6 Å². The number of hydrogen-bond acceptors (Lipinski definition) is 4. The molecule has 1 atom stereocenters. The highest BCUT2D eigenvalue weighted by molar-refractivity contribution is 14.1. The third-order valence-electron chi connectivity index (χ3n) is 3.89. The predicted molar refractivity (Wildman–Crippen MR) is 93.3 cm³/mol. The van der Waals surface area contributed by atoms with Crippen LogP contribution in [-0.2, 0) is 7.05 Å². The van der Waals surface area contributed by atoms with Crippen molar-refractivity contribution in [3.63, 3.8) is 0 Å². The first-order valence-corrected chi connectivity index (χ1v) is 8.17. The maximum Gasteiger partial charge on any atom is 0.181 e.